The van der Waals surface area contributed by atoms with Crippen LogP contribution >= 0.6 is 23.7 Å². The Morgan fingerprint density at radius 1 is 1.32 bits per heavy atom. The van der Waals surface area contributed by atoms with Gasteiger partial charge in [0.1, 0.15) is 4.21 Å². The van der Waals surface area contributed by atoms with Gasteiger partial charge in [0.25, 0.3) is 10.0 Å². The minimum absolute atomic E-state index is 0. The molecule has 7 heteroatoms. The van der Waals surface area contributed by atoms with Gasteiger partial charge in [-0.05, 0) is 37.3 Å². The van der Waals surface area contributed by atoms with Crippen molar-refractivity contribution in [1.29, 1.82) is 0 Å². The number of nitrogens with zero attached hydrogens (tertiary/aromatic N) is 1. The second-order valence-corrected chi connectivity index (χ2v) is 10.1. The van der Waals surface area contributed by atoms with Gasteiger partial charge in [-0.15, -0.1) is 23.7 Å². The highest BCUT2D eigenvalue weighted by molar-refractivity contribution is 7.91. The van der Waals surface area contributed by atoms with Gasteiger partial charge in [-0.25, -0.2) is 8.42 Å². The van der Waals surface area contributed by atoms with Gasteiger partial charge < -0.3 is 5.73 Å². The van der Waals surface area contributed by atoms with Crippen molar-refractivity contribution >= 4 is 33.8 Å². The summed E-state index contributed by atoms with van der Waals surface area (Å²) in [5.74, 6) is 0. The van der Waals surface area contributed by atoms with Crippen molar-refractivity contribution in [1.82, 2.24) is 4.31 Å². The van der Waals surface area contributed by atoms with Gasteiger partial charge in [0.15, 0.2) is 0 Å². The molecule has 0 radical (unpaired) electrons. The number of hydrogen-bond acceptors (Lipinski definition) is 4. The van der Waals surface area contributed by atoms with Crippen LogP contribution in [-0.4, -0.2) is 31.4 Å². The second kappa shape index (κ2) is 7.18. The normalized spacial score (nSPS) is 22.1. The molecule has 22 heavy (non-hydrogen) atoms. The summed E-state index contributed by atoms with van der Waals surface area (Å²) in [5, 5.41) is 0. The molecule has 1 saturated heterocycles. The highest BCUT2D eigenvalue weighted by Gasteiger charge is 2.36. The van der Waals surface area contributed by atoms with Crippen LogP contribution in [0.15, 0.2) is 16.3 Å². The molecule has 0 bridgehead atoms. The monoisotopic (exact) mass is 366 g/mol. The second-order valence-electron chi connectivity index (χ2n) is 6.91. The van der Waals surface area contributed by atoms with Crippen molar-refractivity contribution in [2.24, 2.45) is 5.73 Å². The number of hydrogen-bond donors (Lipinski definition) is 1. The average molecular weight is 367 g/mol. The first-order valence-electron chi connectivity index (χ1n) is 7.52. The lowest BCUT2D eigenvalue weighted by Gasteiger charge is -2.36. The fourth-order valence-electron chi connectivity index (χ4n) is 2.73. The molecule has 0 saturated carbocycles. The molecule has 2 heterocycles. The van der Waals surface area contributed by atoms with E-state index >= 15 is 0 Å². The lowest BCUT2D eigenvalue weighted by Crippen LogP contribution is -2.51. The topological polar surface area (TPSA) is 63.4 Å². The van der Waals surface area contributed by atoms with Crippen molar-refractivity contribution in [3.05, 3.63) is 17.0 Å². The molecular weight excluding hydrogens is 340 g/mol. The SMILES string of the molecule is CC(N)C1CCCCN1S(=O)(=O)c1ccc(C(C)(C)C)s1.Cl. The molecule has 1 aromatic heterocycles. The standard InChI is InChI=1S/C15H26N2O2S2.ClH/c1-11(16)12-7-5-6-10-17(12)21(18,19)14-9-8-13(20-14)15(2,3)4;/h8-9,11-12H,5-7,10,16H2,1-4H3;1H. The van der Waals surface area contributed by atoms with E-state index in [-0.39, 0.29) is 29.9 Å². The van der Waals surface area contributed by atoms with Crippen molar-refractivity contribution in [2.45, 2.75) is 68.7 Å². The van der Waals surface area contributed by atoms with Crippen LogP contribution in [0.2, 0.25) is 0 Å². The number of rotatable bonds is 3. The smallest absolute Gasteiger partial charge is 0.252 e. The van der Waals surface area contributed by atoms with Crippen LogP contribution in [0.3, 0.4) is 0 Å². The molecule has 2 unspecified atom stereocenters. The summed E-state index contributed by atoms with van der Waals surface area (Å²) in [6.45, 7) is 8.77. The van der Waals surface area contributed by atoms with Crippen LogP contribution in [0.5, 0.6) is 0 Å². The van der Waals surface area contributed by atoms with Gasteiger partial charge in [0.2, 0.25) is 0 Å². The Morgan fingerprint density at radius 2 is 1.95 bits per heavy atom. The number of thiophene rings is 1. The fourth-order valence-corrected chi connectivity index (χ4v) is 6.00. The van der Waals surface area contributed by atoms with E-state index in [0.717, 1.165) is 24.1 Å². The Morgan fingerprint density at radius 3 is 2.45 bits per heavy atom. The quantitative estimate of drug-likeness (QED) is 0.892. The predicted molar refractivity (Wildman–Crippen MR) is 95.4 cm³/mol. The number of nitrogens with two attached hydrogens (primary N) is 1. The molecule has 0 amide bonds. The van der Waals surface area contributed by atoms with Gasteiger partial charge in [-0.1, -0.05) is 27.2 Å². The average Bonchev–Trinajstić information content (AvgIpc) is 2.88. The van der Waals surface area contributed by atoms with E-state index in [1.807, 2.05) is 13.0 Å². The third-order valence-corrected chi connectivity index (χ3v) is 7.89. The fraction of sp³-hybridized carbons (Fsp3) is 0.733. The maximum absolute atomic E-state index is 12.9. The molecule has 4 nitrogen and oxygen atoms in total. The molecule has 1 fully saturated rings. The zero-order valence-electron chi connectivity index (χ0n) is 13.7. The molecule has 1 aliphatic rings. The lowest BCUT2D eigenvalue weighted by molar-refractivity contribution is 0.227. The zero-order chi connectivity index (χ0) is 15.8. The predicted octanol–water partition coefficient (Wildman–Crippen LogP) is 3.36. The summed E-state index contributed by atoms with van der Waals surface area (Å²) in [6.07, 6.45) is 2.82. The Bertz CT molecular complexity index is 591. The maximum atomic E-state index is 12.9. The van der Waals surface area contributed by atoms with Gasteiger partial charge in [0, 0.05) is 23.5 Å². The summed E-state index contributed by atoms with van der Waals surface area (Å²) in [5.41, 5.74) is 5.98. The minimum Gasteiger partial charge on any atom is -0.326 e. The lowest BCUT2D eigenvalue weighted by atomic mass is 9.95. The van der Waals surface area contributed by atoms with Crippen molar-refractivity contribution in [2.75, 3.05) is 6.54 Å². The summed E-state index contributed by atoms with van der Waals surface area (Å²) >= 11 is 1.38. The molecule has 128 valence electrons. The van der Waals surface area contributed by atoms with Gasteiger partial charge in [0.05, 0.1) is 0 Å². The first kappa shape index (κ1) is 19.9. The molecular formula is C15H27ClN2O2S2. The minimum atomic E-state index is -3.42. The van der Waals surface area contributed by atoms with Gasteiger partial charge >= 0.3 is 0 Å². The zero-order valence-corrected chi connectivity index (χ0v) is 16.2. The number of halogens is 1. The molecule has 0 aliphatic carbocycles. The summed E-state index contributed by atoms with van der Waals surface area (Å²) in [6, 6.07) is 3.46. The molecule has 0 aromatic carbocycles. The van der Waals surface area contributed by atoms with E-state index in [1.165, 1.54) is 11.3 Å². The van der Waals surface area contributed by atoms with Gasteiger partial charge in [-0.3, -0.25) is 0 Å². The summed E-state index contributed by atoms with van der Waals surface area (Å²) < 4.78 is 27.9. The van der Waals surface area contributed by atoms with Crippen molar-refractivity contribution < 1.29 is 8.42 Å². The maximum Gasteiger partial charge on any atom is 0.252 e. The third kappa shape index (κ3) is 4.03. The van der Waals surface area contributed by atoms with E-state index in [1.54, 1.807) is 10.4 Å². The highest BCUT2D eigenvalue weighted by Crippen LogP contribution is 2.35. The van der Waals surface area contributed by atoms with Crippen LogP contribution in [-0.2, 0) is 15.4 Å². The molecule has 2 atom stereocenters. The van der Waals surface area contributed by atoms with Gasteiger partial charge in [-0.2, -0.15) is 4.31 Å². The van der Waals surface area contributed by atoms with Crippen LogP contribution in [0.4, 0.5) is 0 Å². The first-order valence-corrected chi connectivity index (χ1v) is 9.77. The first-order chi connectivity index (χ1) is 9.64. The highest BCUT2D eigenvalue weighted by atomic mass is 35.5. The summed E-state index contributed by atoms with van der Waals surface area (Å²) in [7, 11) is -3.42. The van der Waals surface area contributed by atoms with Crippen LogP contribution in [0.25, 0.3) is 0 Å². The molecule has 1 aromatic rings. The van der Waals surface area contributed by atoms with E-state index in [2.05, 4.69) is 20.8 Å². The number of sulfonamides is 1. The van der Waals surface area contributed by atoms with E-state index in [4.69, 9.17) is 5.73 Å². The van der Waals surface area contributed by atoms with Crippen LogP contribution in [0, 0.1) is 0 Å². The van der Waals surface area contributed by atoms with Crippen molar-refractivity contribution in [3.63, 3.8) is 0 Å². The molecule has 2 N–H and O–H groups in total. The van der Waals surface area contributed by atoms with Crippen LogP contribution < -0.4 is 5.73 Å². The third-order valence-electron chi connectivity index (χ3n) is 3.99. The summed E-state index contributed by atoms with van der Waals surface area (Å²) in [4.78, 5) is 1.09. The van der Waals surface area contributed by atoms with E-state index in [0.29, 0.717) is 10.8 Å². The van der Waals surface area contributed by atoms with Crippen molar-refractivity contribution in [3.8, 4) is 0 Å². The Hall–Kier alpha value is -0.140. The van der Waals surface area contributed by atoms with Crippen LogP contribution in [0.1, 0.15) is 51.8 Å². The number of piperidine rings is 1. The van der Waals surface area contributed by atoms with E-state index in [9.17, 15) is 8.42 Å². The molecule has 2 rings (SSSR count). The molecule has 1 aliphatic heterocycles. The Labute approximate surface area is 144 Å². The molecule has 0 spiro atoms. The largest absolute Gasteiger partial charge is 0.326 e. The Balaban J connectivity index is 0.00000242. The Kier molecular flexibility index (Phi) is 6.49. The van der Waals surface area contributed by atoms with E-state index < -0.39 is 10.0 Å².